The van der Waals surface area contributed by atoms with E-state index in [-0.39, 0.29) is 29.9 Å². The zero-order valence-corrected chi connectivity index (χ0v) is 19.5. The Morgan fingerprint density at radius 3 is 2.72 bits per heavy atom. The smallest absolute Gasteiger partial charge is 0.257 e. The van der Waals surface area contributed by atoms with Gasteiger partial charge >= 0.3 is 0 Å². The molecule has 0 fully saturated rings. The van der Waals surface area contributed by atoms with Crippen molar-refractivity contribution in [3.63, 3.8) is 0 Å². The lowest BCUT2D eigenvalue weighted by molar-refractivity contribution is 0.0949. The van der Waals surface area contributed by atoms with Crippen molar-refractivity contribution in [1.29, 1.82) is 0 Å². The fourth-order valence-corrected chi connectivity index (χ4v) is 4.08. The molecule has 1 unspecified atom stereocenters. The van der Waals surface area contributed by atoms with Gasteiger partial charge in [-0.3, -0.25) is 4.79 Å². The Balaban J connectivity index is 1.63. The van der Waals surface area contributed by atoms with Gasteiger partial charge in [0.2, 0.25) is 0 Å². The van der Waals surface area contributed by atoms with Gasteiger partial charge in [0.25, 0.3) is 11.8 Å². The SMILES string of the molecule is Cc1cc(Br)ccc1C(N)CNC(=O)c1c(Oc2cccc(Cl)c2)nnc2ccccc12. The number of carbonyl (C=O) groups excluding carboxylic acids is 1. The summed E-state index contributed by atoms with van der Waals surface area (Å²) in [5.41, 5.74) is 9.24. The van der Waals surface area contributed by atoms with E-state index in [4.69, 9.17) is 22.1 Å². The van der Waals surface area contributed by atoms with Crippen molar-refractivity contribution in [2.75, 3.05) is 6.54 Å². The molecular formula is C24H20BrClN4O2. The first-order valence-corrected chi connectivity index (χ1v) is 11.1. The number of nitrogens with one attached hydrogen (secondary N) is 1. The second-order valence-electron chi connectivity index (χ2n) is 7.27. The first-order chi connectivity index (χ1) is 15.4. The maximum Gasteiger partial charge on any atom is 0.257 e. The number of nitrogens with zero attached hydrogens (tertiary/aromatic N) is 2. The molecule has 162 valence electrons. The second kappa shape index (κ2) is 9.65. The highest BCUT2D eigenvalue weighted by Crippen LogP contribution is 2.29. The maximum atomic E-state index is 13.3. The average molecular weight is 512 g/mol. The first kappa shape index (κ1) is 22.2. The lowest BCUT2D eigenvalue weighted by atomic mass is 10.0. The molecule has 6 nitrogen and oxygen atoms in total. The third-order valence-electron chi connectivity index (χ3n) is 4.99. The number of halogens is 2. The summed E-state index contributed by atoms with van der Waals surface area (Å²) in [5.74, 6) is 0.202. The summed E-state index contributed by atoms with van der Waals surface area (Å²) in [6, 6.07) is 19.6. The Labute approximate surface area is 198 Å². The van der Waals surface area contributed by atoms with Gasteiger partial charge in [-0.15, -0.1) is 10.2 Å². The van der Waals surface area contributed by atoms with Gasteiger partial charge in [-0.25, -0.2) is 0 Å². The van der Waals surface area contributed by atoms with Crippen molar-refractivity contribution in [3.05, 3.63) is 92.9 Å². The second-order valence-corrected chi connectivity index (χ2v) is 8.63. The summed E-state index contributed by atoms with van der Waals surface area (Å²) in [5, 5.41) is 12.4. The molecular weight excluding hydrogens is 492 g/mol. The van der Waals surface area contributed by atoms with Crippen molar-refractivity contribution < 1.29 is 9.53 Å². The molecule has 0 saturated heterocycles. The van der Waals surface area contributed by atoms with Gasteiger partial charge in [0, 0.05) is 27.5 Å². The number of benzene rings is 3. The fourth-order valence-electron chi connectivity index (χ4n) is 3.43. The van der Waals surface area contributed by atoms with Crippen LogP contribution in [0.4, 0.5) is 0 Å². The van der Waals surface area contributed by atoms with Crippen molar-refractivity contribution in [3.8, 4) is 11.6 Å². The number of nitrogens with two attached hydrogens (primary N) is 1. The summed E-state index contributed by atoms with van der Waals surface area (Å²) < 4.78 is 6.87. The molecule has 32 heavy (non-hydrogen) atoms. The van der Waals surface area contributed by atoms with Crippen LogP contribution in [0.3, 0.4) is 0 Å². The highest BCUT2D eigenvalue weighted by molar-refractivity contribution is 9.10. The van der Waals surface area contributed by atoms with Crippen molar-refractivity contribution in [2.45, 2.75) is 13.0 Å². The Morgan fingerprint density at radius 2 is 1.94 bits per heavy atom. The largest absolute Gasteiger partial charge is 0.437 e. The highest BCUT2D eigenvalue weighted by Gasteiger charge is 2.21. The van der Waals surface area contributed by atoms with E-state index in [9.17, 15) is 4.79 Å². The number of aryl methyl sites for hydroxylation is 1. The van der Waals surface area contributed by atoms with E-state index >= 15 is 0 Å². The molecule has 0 aliphatic rings. The molecule has 0 bridgehead atoms. The van der Waals surface area contributed by atoms with Crippen LogP contribution in [0.15, 0.2) is 71.2 Å². The van der Waals surface area contributed by atoms with Crippen LogP contribution in [-0.4, -0.2) is 22.6 Å². The summed E-state index contributed by atoms with van der Waals surface area (Å²) in [6.45, 7) is 2.23. The molecule has 1 atom stereocenters. The van der Waals surface area contributed by atoms with Crippen LogP contribution in [0.25, 0.3) is 10.9 Å². The van der Waals surface area contributed by atoms with Gasteiger partial charge < -0.3 is 15.8 Å². The van der Waals surface area contributed by atoms with E-state index in [2.05, 4.69) is 31.4 Å². The summed E-state index contributed by atoms with van der Waals surface area (Å²) in [7, 11) is 0. The fraction of sp³-hybridized carbons (Fsp3) is 0.125. The van der Waals surface area contributed by atoms with E-state index in [1.54, 1.807) is 30.3 Å². The lowest BCUT2D eigenvalue weighted by Gasteiger charge is -2.17. The minimum absolute atomic E-state index is 0.0943. The number of fused-ring (bicyclic) bond motifs is 1. The summed E-state index contributed by atoms with van der Waals surface area (Å²) >= 11 is 9.52. The molecule has 0 aliphatic carbocycles. The number of aromatic nitrogens is 2. The zero-order valence-electron chi connectivity index (χ0n) is 17.2. The van der Waals surface area contributed by atoms with E-state index in [1.807, 2.05) is 43.3 Å². The Kier molecular flexibility index (Phi) is 6.69. The third-order valence-corrected chi connectivity index (χ3v) is 5.72. The van der Waals surface area contributed by atoms with E-state index in [1.165, 1.54) is 0 Å². The van der Waals surface area contributed by atoms with Crippen LogP contribution in [0.1, 0.15) is 27.5 Å². The lowest BCUT2D eigenvalue weighted by Crippen LogP contribution is -2.32. The Hall–Kier alpha value is -3.00. The molecule has 4 rings (SSSR count). The monoisotopic (exact) mass is 510 g/mol. The van der Waals surface area contributed by atoms with Gasteiger partial charge in [0.05, 0.1) is 5.52 Å². The van der Waals surface area contributed by atoms with Crippen molar-refractivity contribution in [1.82, 2.24) is 15.5 Å². The van der Waals surface area contributed by atoms with Gasteiger partial charge in [0.15, 0.2) is 0 Å². The Bertz CT molecular complexity index is 1300. The van der Waals surface area contributed by atoms with Gasteiger partial charge in [-0.05, 0) is 54.4 Å². The predicted molar refractivity (Wildman–Crippen MR) is 129 cm³/mol. The van der Waals surface area contributed by atoms with Gasteiger partial charge in [0.1, 0.15) is 11.3 Å². The van der Waals surface area contributed by atoms with Crippen LogP contribution in [0, 0.1) is 6.92 Å². The summed E-state index contributed by atoms with van der Waals surface area (Å²) in [6.07, 6.45) is 0. The quantitative estimate of drug-likeness (QED) is 0.353. The highest BCUT2D eigenvalue weighted by atomic mass is 79.9. The standard InChI is InChI=1S/C24H20BrClN4O2/c1-14-11-15(25)9-10-18(14)20(27)13-28-23(31)22-19-7-2-3-8-21(19)29-30-24(22)32-17-6-4-5-16(26)12-17/h2-12,20H,13,27H2,1H3,(H,28,31). The van der Waals surface area contributed by atoms with Crippen LogP contribution < -0.4 is 15.8 Å². The topological polar surface area (TPSA) is 90.1 Å². The van der Waals surface area contributed by atoms with E-state index in [0.29, 0.717) is 21.7 Å². The van der Waals surface area contributed by atoms with Crippen molar-refractivity contribution in [2.24, 2.45) is 5.73 Å². The molecule has 4 aromatic rings. The summed E-state index contributed by atoms with van der Waals surface area (Å²) in [4.78, 5) is 13.3. The molecule has 1 heterocycles. The number of ether oxygens (including phenoxy) is 1. The molecule has 8 heteroatoms. The molecule has 0 saturated carbocycles. The number of hydrogen-bond donors (Lipinski definition) is 2. The van der Waals surface area contributed by atoms with Crippen LogP contribution in [-0.2, 0) is 0 Å². The van der Waals surface area contributed by atoms with Gasteiger partial charge in [-0.2, -0.15) is 0 Å². The minimum Gasteiger partial charge on any atom is -0.437 e. The Morgan fingerprint density at radius 1 is 1.12 bits per heavy atom. The number of hydrogen-bond acceptors (Lipinski definition) is 5. The molecule has 0 aliphatic heterocycles. The zero-order chi connectivity index (χ0) is 22.7. The number of amides is 1. The predicted octanol–water partition coefficient (Wildman–Crippen LogP) is 5.58. The third kappa shape index (κ3) is 4.91. The molecule has 1 amide bonds. The first-order valence-electron chi connectivity index (χ1n) is 9.91. The minimum atomic E-state index is -0.370. The van der Waals surface area contributed by atoms with Gasteiger partial charge in [-0.1, -0.05) is 57.9 Å². The van der Waals surface area contributed by atoms with E-state index < -0.39 is 0 Å². The van der Waals surface area contributed by atoms with Crippen LogP contribution in [0.2, 0.25) is 5.02 Å². The molecule has 0 spiro atoms. The maximum absolute atomic E-state index is 13.3. The number of carbonyl (C=O) groups is 1. The molecule has 0 radical (unpaired) electrons. The molecule has 1 aromatic heterocycles. The normalized spacial score (nSPS) is 11.9. The number of rotatable bonds is 6. The van der Waals surface area contributed by atoms with Crippen molar-refractivity contribution >= 4 is 44.3 Å². The molecule has 3 aromatic carbocycles. The average Bonchev–Trinajstić information content (AvgIpc) is 2.77. The van der Waals surface area contributed by atoms with E-state index in [0.717, 1.165) is 15.6 Å². The molecule has 3 N–H and O–H groups in total. The van der Waals surface area contributed by atoms with Crippen LogP contribution in [0.5, 0.6) is 11.6 Å². The van der Waals surface area contributed by atoms with Crippen LogP contribution >= 0.6 is 27.5 Å².